The van der Waals surface area contributed by atoms with Gasteiger partial charge in [-0.25, -0.2) is 0 Å². The molecule has 0 aromatic heterocycles. The topological polar surface area (TPSA) is 83.8 Å². The number of guanidine groups is 2. The van der Waals surface area contributed by atoms with E-state index >= 15 is 0 Å². The van der Waals surface area contributed by atoms with Crippen LogP contribution in [0, 0.1) is 10.8 Å². The highest BCUT2D eigenvalue weighted by molar-refractivity contribution is 6.42. The number of hydrogen-bond acceptors (Lipinski definition) is 2. The molecule has 7 heteroatoms. The van der Waals surface area contributed by atoms with Crippen LogP contribution < -0.4 is 16.0 Å². The molecule has 0 radical (unpaired) electrons. The summed E-state index contributed by atoms with van der Waals surface area (Å²) >= 11 is 11.8. The van der Waals surface area contributed by atoms with E-state index in [-0.39, 0.29) is 11.9 Å². The highest BCUT2D eigenvalue weighted by Crippen LogP contribution is 2.22. The van der Waals surface area contributed by atoms with Crippen molar-refractivity contribution in [3.05, 3.63) is 33.8 Å². The minimum absolute atomic E-state index is 0.0960. The Morgan fingerprint density at radius 1 is 1.05 bits per heavy atom. The molecule has 0 spiro atoms. The number of rotatable bonds is 5. The van der Waals surface area contributed by atoms with E-state index in [0.717, 1.165) is 18.4 Å². The molecule has 0 fully saturated rings. The first-order valence-electron chi connectivity index (χ1n) is 6.38. The maximum absolute atomic E-state index is 7.65. The second kappa shape index (κ2) is 8.66. The number of halogens is 2. The zero-order valence-electron chi connectivity index (χ0n) is 11.3. The third kappa shape index (κ3) is 6.12. The summed E-state index contributed by atoms with van der Waals surface area (Å²) in [5, 5.41) is 24.6. The van der Waals surface area contributed by atoms with Gasteiger partial charge in [0.1, 0.15) is 0 Å². The van der Waals surface area contributed by atoms with E-state index in [0.29, 0.717) is 23.1 Å². The highest BCUT2D eigenvalue weighted by atomic mass is 35.5. The van der Waals surface area contributed by atoms with Crippen LogP contribution in [-0.4, -0.2) is 25.0 Å². The third-order valence-corrected chi connectivity index (χ3v) is 3.24. The summed E-state index contributed by atoms with van der Waals surface area (Å²) in [6.07, 6.45) is 1.65. The molecule has 0 saturated heterocycles. The van der Waals surface area contributed by atoms with E-state index in [2.05, 4.69) is 16.0 Å². The largest absolute Gasteiger partial charge is 0.356 e. The van der Waals surface area contributed by atoms with Crippen LogP contribution in [0.25, 0.3) is 0 Å². The van der Waals surface area contributed by atoms with Gasteiger partial charge in [-0.3, -0.25) is 16.1 Å². The average Bonchev–Trinajstić information content (AvgIpc) is 2.40. The molecule has 5 N–H and O–H groups in total. The lowest BCUT2D eigenvalue weighted by Crippen LogP contribution is -2.46. The molecule has 5 nitrogen and oxygen atoms in total. The van der Waals surface area contributed by atoms with Crippen LogP contribution in [0.4, 0.5) is 0 Å². The average molecular weight is 316 g/mol. The first-order valence-corrected chi connectivity index (χ1v) is 7.14. The van der Waals surface area contributed by atoms with Gasteiger partial charge in [0.2, 0.25) is 0 Å². The summed E-state index contributed by atoms with van der Waals surface area (Å²) in [5.74, 6) is 0.220. The smallest absolute Gasteiger partial charge is 0.195 e. The molecule has 0 aliphatic carbocycles. The lowest BCUT2D eigenvalue weighted by Gasteiger charge is -2.12. The quantitative estimate of drug-likeness (QED) is 0.428. The standard InChI is InChI=1S/C13H19Cl2N5/c1-2-6-18-12(16)20-13(17)19-7-5-9-3-4-10(14)11(15)8-9/h3-4,8H,2,5-7H2,1H3,(H5,16,17,18,19,20). The predicted molar refractivity (Wildman–Crippen MR) is 85.1 cm³/mol. The number of nitrogens with one attached hydrogen (secondary N) is 5. The Kier molecular flexibility index (Phi) is 7.18. The second-order valence-corrected chi connectivity index (χ2v) is 5.04. The van der Waals surface area contributed by atoms with Crippen LogP contribution in [0.1, 0.15) is 18.9 Å². The zero-order valence-corrected chi connectivity index (χ0v) is 12.8. The first kappa shape index (κ1) is 16.6. The first-order chi connectivity index (χ1) is 9.52. The minimum Gasteiger partial charge on any atom is -0.356 e. The van der Waals surface area contributed by atoms with Gasteiger partial charge in [-0.05, 0) is 30.5 Å². The summed E-state index contributed by atoms with van der Waals surface area (Å²) in [6, 6.07) is 5.47. The summed E-state index contributed by atoms with van der Waals surface area (Å²) in [7, 11) is 0. The maximum Gasteiger partial charge on any atom is 0.195 e. The molecule has 20 heavy (non-hydrogen) atoms. The van der Waals surface area contributed by atoms with E-state index in [1.807, 2.05) is 19.1 Å². The maximum atomic E-state index is 7.65. The van der Waals surface area contributed by atoms with E-state index in [4.69, 9.17) is 34.0 Å². The highest BCUT2D eigenvalue weighted by Gasteiger charge is 2.01. The molecule has 0 heterocycles. The Balaban J connectivity index is 2.27. The Labute approximate surface area is 129 Å². The summed E-state index contributed by atoms with van der Waals surface area (Å²) in [6.45, 7) is 3.30. The second-order valence-electron chi connectivity index (χ2n) is 4.23. The Hall–Kier alpha value is -1.46. The fraction of sp³-hybridized carbons (Fsp3) is 0.385. The van der Waals surface area contributed by atoms with Crippen molar-refractivity contribution in [2.45, 2.75) is 19.8 Å². The fourth-order valence-electron chi connectivity index (χ4n) is 1.49. The van der Waals surface area contributed by atoms with Crippen molar-refractivity contribution in [2.24, 2.45) is 0 Å². The Morgan fingerprint density at radius 3 is 2.30 bits per heavy atom. The van der Waals surface area contributed by atoms with Gasteiger partial charge in [0.25, 0.3) is 0 Å². The Bertz CT molecular complexity index is 476. The van der Waals surface area contributed by atoms with Gasteiger partial charge >= 0.3 is 0 Å². The molecule has 1 aromatic rings. The molecule has 0 aliphatic rings. The van der Waals surface area contributed by atoms with Crippen molar-refractivity contribution in [1.82, 2.24) is 16.0 Å². The SMILES string of the molecule is CCCNC(=N)NC(=N)NCCc1ccc(Cl)c(Cl)c1. The number of hydrogen-bond donors (Lipinski definition) is 5. The van der Waals surface area contributed by atoms with Crippen LogP contribution in [0.3, 0.4) is 0 Å². The lowest BCUT2D eigenvalue weighted by molar-refractivity contribution is 0.802. The molecule has 0 unspecified atom stereocenters. The molecule has 0 atom stereocenters. The molecule has 0 aliphatic heterocycles. The van der Waals surface area contributed by atoms with Crippen LogP contribution in [0.15, 0.2) is 18.2 Å². The van der Waals surface area contributed by atoms with Gasteiger partial charge in [0.15, 0.2) is 11.9 Å². The van der Waals surface area contributed by atoms with Crippen molar-refractivity contribution in [3.8, 4) is 0 Å². The van der Waals surface area contributed by atoms with Gasteiger partial charge in [-0.2, -0.15) is 0 Å². The molecule has 0 amide bonds. The zero-order chi connectivity index (χ0) is 15.0. The molecular formula is C13H19Cl2N5. The molecule has 110 valence electrons. The predicted octanol–water partition coefficient (Wildman–Crippen LogP) is 2.58. The van der Waals surface area contributed by atoms with Crippen molar-refractivity contribution >= 4 is 35.1 Å². The molecule has 1 rings (SSSR count). The van der Waals surface area contributed by atoms with Gasteiger partial charge in [0.05, 0.1) is 10.0 Å². The number of benzene rings is 1. The third-order valence-electron chi connectivity index (χ3n) is 2.50. The van der Waals surface area contributed by atoms with Gasteiger partial charge in [-0.15, -0.1) is 0 Å². The fourth-order valence-corrected chi connectivity index (χ4v) is 1.81. The summed E-state index contributed by atoms with van der Waals surface area (Å²) in [5.41, 5.74) is 1.04. The lowest BCUT2D eigenvalue weighted by atomic mass is 10.1. The molecule has 1 aromatic carbocycles. The van der Waals surface area contributed by atoms with Gasteiger partial charge in [-0.1, -0.05) is 36.2 Å². The van der Waals surface area contributed by atoms with E-state index in [1.54, 1.807) is 6.07 Å². The normalized spacial score (nSPS) is 9.95. The van der Waals surface area contributed by atoms with Crippen LogP contribution in [0.5, 0.6) is 0 Å². The van der Waals surface area contributed by atoms with Gasteiger partial charge in [0, 0.05) is 13.1 Å². The van der Waals surface area contributed by atoms with Crippen LogP contribution in [-0.2, 0) is 6.42 Å². The van der Waals surface area contributed by atoms with Crippen molar-refractivity contribution < 1.29 is 0 Å². The van der Waals surface area contributed by atoms with Crippen LogP contribution >= 0.6 is 23.2 Å². The molecule has 0 saturated carbocycles. The van der Waals surface area contributed by atoms with Gasteiger partial charge < -0.3 is 10.6 Å². The summed E-state index contributed by atoms with van der Waals surface area (Å²) < 4.78 is 0. The van der Waals surface area contributed by atoms with Crippen LogP contribution in [0.2, 0.25) is 10.0 Å². The van der Waals surface area contributed by atoms with Crippen molar-refractivity contribution in [1.29, 1.82) is 10.8 Å². The van der Waals surface area contributed by atoms with E-state index in [1.165, 1.54) is 0 Å². The Morgan fingerprint density at radius 2 is 1.70 bits per heavy atom. The van der Waals surface area contributed by atoms with E-state index in [9.17, 15) is 0 Å². The molecule has 0 bridgehead atoms. The monoisotopic (exact) mass is 315 g/mol. The summed E-state index contributed by atoms with van der Waals surface area (Å²) in [4.78, 5) is 0. The van der Waals surface area contributed by atoms with Crippen molar-refractivity contribution in [3.63, 3.8) is 0 Å². The molecular weight excluding hydrogens is 297 g/mol. The minimum atomic E-state index is 0.0960. The van der Waals surface area contributed by atoms with E-state index < -0.39 is 0 Å². The van der Waals surface area contributed by atoms with Crippen molar-refractivity contribution in [2.75, 3.05) is 13.1 Å².